The lowest BCUT2D eigenvalue weighted by molar-refractivity contribution is -0.190. The third-order valence-corrected chi connectivity index (χ3v) is 4.94. The van der Waals surface area contributed by atoms with Crippen molar-refractivity contribution in [3.8, 4) is 5.75 Å². The van der Waals surface area contributed by atoms with Gasteiger partial charge in [-0.15, -0.1) is 0 Å². The second-order valence-electron chi connectivity index (χ2n) is 6.57. The molecule has 1 saturated heterocycles. The zero-order valence-corrected chi connectivity index (χ0v) is 14.3. The molecule has 1 aliphatic rings. The van der Waals surface area contributed by atoms with Gasteiger partial charge in [-0.2, -0.15) is 13.2 Å². The number of alkyl halides is 3. The van der Waals surface area contributed by atoms with E-state index in [2.05, 4.69) is 0 Å². The topological polar surface area (TPSA) is 49.8 Å². The molecule has 26 heavy (non-hydrogen) atoms. The van der Waals surface area contributed by atoms with Crippen LogP contribution in [0.15, 0.2) is 36.4 Å². The van der Waals surface area contributed by atoms with Crippen molar-refractivity contribution < 1.29 is 27.8 Å². The van der Waals surface area contributed by atoms with E-state index in [-0.39, 0.29) is 31.5 Å². The van der Waals surface area contributed by atoms with Gasteiger partial charge in [0.25, 0.3) is 0 Å². The minimum atomic E-state index is -4.43. The molecular formula is C19H20F3NO3. The number of benzene rings is 2. The maximum Gasteiger partial charge on any atom is 0.408 e. The number of aliphatic carboxylic acids is 1. The number of carbonyl (C=O) groups is 1. The first-order valence-corrected chi connectivity index (χ1v) is 8.41. The Balaban J connectivity index is 1.91. The van der Waals surface area contributed by atoms with Gasteiger partial charge >= 0.3 is 12.1 Å². The molecule has 1 atom stereocenters. The van der Waals surface area contributed by atoms with E-state index in [1.54, 1.807) is 30.3 Å². The van der Waals surface area contributed by atoms with Crippen molar-refractivity contribution in [3.05, 3.63) is 42.0 Å². The number of ether oxygens (including phenoxy) is 1. The highest BCUT2D eigenvalue weighted by Gasteiger charge is 2.45. The van der Waals surface area contributed by atoms with Crippen molar-refractivity contribution in [1.29, 1.82) is 0 Å². The lowest BCUT2D eigenvalue weighted by Crippen LogP contribution is -2.44. The molecule has 3 rings (SSSR count). The van der Waals surface area contributed by atoms with Crippen LogP contribution in [0.25, 0.3) is 10.8 Å². The van der Waals surface area contributed by atoms with Crippen LogP contribution < -0.4 is 4.74 Å². The number of nitrogens with zero attached hydrogens (tertiary/aromatic N) is 1. The third-order valence-electron chi connectivity index (χ3n) is 4.94. The molecular weight excluding hydrogens is 347 g/mol. The minimum absolute atomic E-state index is 0.113. The highest BCUT2D eigenvalue weighted by molar-refractivity contribution is 5.84. The largest absolute Gasteiger partial charge is 0.497 e. The summed E-state index contributed by atoms with van der Waals surface area (Å²) < 4.78 is 46.5. The van der Waals surface area contributed by atoms with Gasteiger partial charge in [0.05, 0.1) is 13.0 Å². The normalized spacial score (nSPS) is 18.0. The monoisotopic (exact) mass is 367 g/mol. The Labute approximate surface area is 149 Å². The first-order valence-electron chi connectivity index (χ1n) is 8.41. The van der Waals surface area contributed by atoms with E-state index in [1.165, 1.54) is 18.1 Å². The standard InChI is InChI=1S/C19H20F3NO3/c1-26-16-5-4-13-10-15(3-2-14(13)11-16)17(19(20,21)22)23-8-6-12(7-9-23)18(24)25/h2-5,10-12,17H,6-9H2,1H3,(H,24,25). The zero-order chi connectivity index (χ0) is 18.9. The van der Waals surface area contributed by atoms with E-state index in [0.717, 1.165) is 5.39 Å². The smallest absolute Gasteiger partial charge is 0.408 e. The minimum Gasteiger partial charge on any atom is -0.497 e. The van der Waals surface area contributed by atoms with Crippen molar-refractivity contribution in [1.82, 2.24) is 4.90 Å². The highest BCUT2D eigenvalue weighted by Crippen LogP contribution is 2.40. The van der Waals surface area contributed by atoms with Crippen LogP contribution in [-0.2, 0) is 4.79 Å². The van der Waals surface area contributed by atoms with Crippen LogP contribution in [0.5, 0.6) is 5.75 Å². The van der Waals surface area contributed by atoms with Crippen LogP contribution in [0.3, 0.4) is 0 Å². The molecule has 1 fully saturated rings. The number of methoxy groups -OCH3 is 1. The Morgan fingerprint density at radius 1 is 1.15 bits per heavy atom. The summed E-state index contributed by atoms with van der Waals surface area (Å²) in [5, 5.41) is 10.6. The average Bonchev–Trinajstić information content (AvgIpc) is 2.60. The number of likely N-dealkylation sites (tertiary alicyclic amines) is 1. The summed E-state index contributed by atoms with van der Waals surface area (Å²) in [5.74, 6) is -0.856. The third kappa shape index (κ3) is 3.77. The van der Waals surface area contributed by atoms with E-state index in [1.807, 2.05) is 0 Å². The predicted octanol–water partition coefficient (Wildman–Crippen LogP) is 4.25. The number of carboxylic acid groups (broad SMARTS) is 1. The Morgan fingerprint density at radius 2 is 1.77 bits per heavy atom. The van der Waals surface area contributed by atoms with Gasteiger partial charge in [-0.25, -0.2) is 0 Å². The van der Waals surface area contributed by atoms with Crippen LogP contribution in [0, 0.1) is 5.92 Å². The highest BCUT2D eigenvalue weighted by atomic mass is 19.4. The van der Waals surface area contributed by atoms with Crippen molar-refractivity contribution in [3.63, 3.8) is 0 Å². The summed E-state index contributed by atoms with van der Waals surface area (Å²) in [6.07, 6.45) is -3.98. The molecule has 1 heterocycles. The average molecular weight is 367 g/mol. The fourth-order valence-electron chi connectivity index (χ4n) is 3.55. The molecule has 2 aromatic rings. The molecule has 0 radical (unpaired) electrons. The van der Waals surface area contributed by atoms with Crippen LogP contribution in [-0.4, -0.2) is 42.4 Å². The Morgan fingerprint density at radius 3 is 2.35 bits per heavy atom. The Hall–Kier alpha value is -2.28. The van der Waals surface area contributed by atoms with E-state index in [9.17, 15) is 18.0 Å². The predicted molar refractivity (Wildman–Crippen MR) is 91.2 cm³/mol. The Bertz CT molecular complexity index is 798. The number of piperidine rings is 1. The fraction of sp³-hybridized carbons (Fsp3) is 0.421. The number of carboxylic acids is 1. The van der Waals surface area contributed by atoms with Crippen LogP contribution in [0.4, 0.5) is 13.2 Å². The van der Waals surface area contributed by atoms with Crippen molar-refractivity contribution >= 4 is 16.7 Å². The molecule has 0 amide bonds. The molecule has 1 unspecified atom stereocenters. The van der Waals surface area contributed by atoms with Gasteiger partial charge in [-0.3, -0.25) is 9.69 Å². The van der Waals surface area contributed by atoms with Gasteiger partial charge < -0.3 is 9.84 Å². The molecule has 0 saturated carbocycles. The molecule has 2 aromatic carbocycles. The summed E-state index contributed by atoms with van der Waals surface area (Å²) in [4.78, 5) is 12.4. The van der Waals surface area contributed by atoms with E-state index in [0.29, 0.717) is 11.1 Å². The van der Waals surface area contributed by atoms with Crippen molar-refractivity contribution in [2.24, 2.45) is 5.92 Å². The molecule has 0 spiro atoms. The number of hydrogen-bond donors (Lipinski definition) is 1. The van der Waals surface area contributed by atoms with Crippen molar-refractivity contribution in [2.45, 2.75) is 25.1 Å². The number of fused-ring (bicyclic) bond motifs is 1. The maximum atomic E-state index is 13.8. The molecule has 0 bridgehead atoms. The van der Waals surface area contributed by atoms with Gasteiger partial charge in [0.15, 0.2) is 0 Å². The van der Waals surface area contributed by atoms with Gasteiger partial charge in [0, 0.05) is 0 Å². The lowest BCUT2D eigenvalue weighted by Gasteiger charge is -2.37. The molecule has 4 nitrogen and oxygen atoms in total. The van der Waals surface area contributed by atoms with E-state index < -0.39 is 24.1 Å². The summed E-state index contributed by atoms with van der Waals surface area (Å²) in [7, 11) is 1.54. The second-order valence-corrected chi connectivity index (χ2v) is 6.57. The van der Waals surface area contributed by atoms with Gasteiger partial charge in [0.2, 0.25) is 0 Å². The van der Waals surface area contributed by atoms with Crippen LogP contribution >= 0.6 is 0 Å². The second kappa shape index (κ2) is 7.15. The summed E-state index contributed by atoms with van der Waals surface area (Å²) in [5.41, 5.74) is 0.170. The SMILES string of the molecule is COc1ccc2cc(C(N3CCC(C(=O)O)CC3)C(F)(F)F)ccc2c1. The summed E-state index contributed by atoms with van der Waals surface area (Å²) in [6, 6.07) is 8.20. The van der Waals surface area contributed by atoms with E-state index in [4.69, 9.17) is 9.84 Å². The maximum absolute atomic E-state index is 13.8. The lowest BCUT2D eigenvalue weighted by atomic mass is 9.93. The van der Waals surface area contributed by atoms with Gasteiger partial charge in [0.1, 0.15) is 11.8 Å². The number of halogens is 3. The zero-order valence-electron chi connectivity index (χ0n) is 14.3. The first-order chi connectivity index (χ1) is 12.3. The summed E-state index contributed by atoms with van der Waals surface area (Å²) in [6.45, 7) is 0.226. The molecule has 0 aromatic heterocycles. The van der Waals surface area contributed by atoms with Gasteiger partial charge in [-0.05, 0) is 60.5 Å². The van der Waals surface area contributed by atoms with Gasteiger partial charge in [-0.1, -0.05) is 18.2 Å². The number of rotatable bonds is 4. The quantitative estimate of drug-likeness (QED) is 0.878. The molecule has 140 valence electrons. The molecule has 7 heteroatoms. The van der Waals surface area contributed by atoms with Crippen LogP contribution in [0.2, 0.25) is 0 Å². The Kier molecular flexibility index (Phi) is 5.09. The van der Waals surface area contributed by atoms with Crippen molar-refractivity contribution in [2.75, 3.05) is 20.2 Å². The molecule has 0 aliphatic carbocycles. The summed E-state index contributed by atoms with van der Waals surface area (Å²) >= 11 is 0. The fourth-order valence-corrected chi connectivity index (χ4v) is 3.55. The molecule has 1 aliphatic heterocycles. The molecule has 1 N–H and O–H groups in total. The van der Waals surface area contributed by atoms with Crippen LogP contribution in [0.1, 0.15) is 24.4 Å². The first kappa shape index (κ1) is 18.5. The number of hydrogen-bond acceptors (Lipinski definition) is 3. The van der Waals surface area contributed by atoms with E-state index >= 15 is 0 Å².